The second kappa shape index (κ2) is 4.25. The monoisotopic (exact) mass is 217 g/mol. The Morgan fingerprint density at radius 2 is 1.77 bits per heavy atom. The molecule has 0 saturated heterocycles. The Kier molecular flexibility index (Phi) is 3.28. The van der Waals surface area contributed by atoms with E-state index in [1.165, 1.54) is 6.08 Å². The van der Waals surface area contributed by atoms with E-state index in [1.807, 2.05) is 0 Å². The van der Waals surface area contributed by atoms with Crippen molar-refractivity contribution in [2.75, 3.05) is 0 Å². The first kappa shape index (κ1) is 10.0. The first-order chi connectivity index (χ1) is 6.08. The molecule has 0 heterocycles. The van der Waals surface area contributed by atoms with Gasteiger partial charge in [-0.25, -0.2) is 0 Å². The molecule has 0 aliphatic heterocycles. The molecule has 3 nitrogen and oxygen atoms in total. The molecule has 1 aromatic carbocycles. The summed E-state index contributed by atoms with van der Waals surface area (Å²) in [6.45, 7) is 0. The number of halogens is 2. The fraction of sp³-hybridized carbons (Fsp3) is 0. The zero-order chi connectivity index (χ0) is 9.84. The molecule has 0 aliphatic carbocycles. The Bertz CT molecular complexity index is 343. The molecule has 0 amide bonds. The van der Waals surface area contributed by atoms with Gasteiger partial charge in [0.25, 0.3) is 0 Å². The summed E-state index contributed by atoms with van der Waals surface area (Å²) in [7, 11) is 0. The van der Waals surface area contributed by atoms with E-state index in [4.69, 9.17) is 23.2 Å². The van der Waals surface area contributed by atoms with Gasteiger partial charge < -0.3 is 0 Å². The van der Waals surface area contributed by atoms with Gasteiger partial charge >= 0.3 is 0 Å². The van der Waals surface area contributed by atoms with Gasteiger partial charge in [-0.3, -0.25) is 10.1 Å². The summed E-state index contributed by atoms with van der Waals surface area (Å²) in [6, 6.07) is 4.74. The molecule has 13 heavy (non-hydrogen) atoms. The van der Waals surface area contributed by atoms with E-state index in [2.05, 4.69) is 0 Å². The Balaban J connectivity index is 2.95. The van der Waals surface area contributed by atoms with E-state index in [-0.39, 0.29) is 0 Å². The lowest BCUT2D eigenvalue weighted by Crippen LogP contribution is -1.82. The van der Waals surface area contributed by atoms with Gasteiger partial charge in [0.1, 0.15) is 0 Å². The minimum Gasteiger partial charge on any atom is -0.259 e. The minimum absolute atomic E-state index is 0.454. The van der Waals surface area contributed by atoms with Crippen LogP contribution in [0.25, 0.3) is 6.08 Å². The topological polar surface area (TPSA) is 43.1 Å². The largest absolute Gasteiger partial charge is 0.259 e. The molecule has 5 heteroatoms. The fourth-order valence-electron chi connectivity index (χ4n) is 0.818. The number of rotatable bonds is 2. The molecule has 0 atom stereocenters. The molecule has 0 N–H and O–H groups in total. The second-order valence-electron chi connectivity index (χ2n) is 2.30. The molecule has 1 rings (SSSR count). The van der Waals surface area contributed by atoms with Crippen LogP contribution in [-0.4, -0.2) is 4.92 Å². The molecule has 0 aliphatic rings. The Hall–Kier alpha value is -1.06. The maximum absolute atomic E-state index is 10.00. The maximum atomic E-state index is 10.00. The normalized spacial score (nSPS) is 10.6. The van der Waals surface area contributed by atoms with E-state index in [1.54, 1.807) is 18.2 Å². The van der Waals surface area contributed by atoms with Gasteiger partial charge in [0.05, 0.1) is 4.92 Å². The number of nitro groups is 1. The van der Waals surface area contributed by atoms with Crippen LogP contribution in [0.5, 0.6) is 0 Å². The van der Waals surface area contributed by atoms with Crippen molar-refractivity contribution in [3.63, 3.8) is 0 Å². The van der Waals surface area contributed by atoms with E-state index < -0.39 is 4.92 Å². The summed E-state index contributed by atoms with van der Waals surface area (Å²) in [6.07, 6.45) is 2.17. The lowest BCUT2D eigenvalue weighted by atomic mass is 10.2. The molecular formula is C8H5Cl2NO2. The van der Waals surface area contributed by atoms with Crippen molar-refractivity contribution in [2.45, 2.75) is 0 Å². The predicted molar refractivity (Wildman–Crippen MR) is 52.5 cm³/mol. The molecule has 1 aromatic rings. The van der Waals surface area contributed by atoms with Gasteiger partial charge in [0, 0.05) is 16.1 Å². The van der Waals surface area contributed by atoms with Crippen LogP contribution in [-0.2, 0) is 0 Å². The van der Waals surface area contributed by atoms with Crippen molar-refractivity contribution in [3.05, 3.63) is 50.1 Å². The highest BCUT2D eigenvalue weighted by Gasteiger charge is 1.96. The first-order valence-corrected chi connectivity index (χ1v) is 4.11. The summed E-state index contributed by atoms with van der Waals surface area (Å²) in [5, 5.41) is 10.9. The zero-order valence-corrected chi connectivity index (χ0v) is 7.92. The van der Waals surface area contributed by atoms with Gasteiger partial charge in [0.15, 0.2) is 0 Å². The lowest BCUT2D eigenvalue weighted by molar-refractivity contribution is -0.400. The van der Waals surface area contributed by atoms with Gasteiger partial charge in [0.2, 0.25) is 6.20 Å². The third-order valence-electron chi connectivity index (χ3n) is 1.27. The van der Waals surface area contributed by atoms with Crippen molar-refractivity contribution in [2.24, 2.45) is 0 Å². The van der Waals surface area contributed by atoms with Crippen molar-refractivity contribution in [1.82, 2.24) is 0 Å². The van der Waals surface area contributed by atoms with Crippen molar-refractivity contribution < 1.29 is 4.92 Å². The average Bonchev–Trinajstić information content (AvgIpc) is 1.99. The Labute approximate surface area is 84.7 Å². The Morgan fingerprint density at radius 1 is 1.23 bits per heavy atom. The molecule has 0 unspecified atom stereocenters. The molecule has 68 valence electrons. The lowest BCUT2D eigenvalue weighted by Gasteiger charge is -1.94. The third kappa shape index (κ3) is 3.44. The second-order valence-corrected chi connectivity index (χ2v) is 3.18. The Morgan fingerprint density at radius 3 is 2.23 bits per heavy atom. The predicted octanol–water partition coefficient (Wildman–Crippen LogP) is 3.24. The summed E-state index contributed by atoms with van der Waals surface area (Å²) in [5.41, 5.74) is 0.606. The van der Waals surface area contributed by atoms with Gasteiger partial charge in [-0.1, -0.05) is 23.2 Å². The quantitative estimate of drug-likeness (QED) is 0.564. The standard InChI is InChI=1S/C8H5Cl2NO2/c9-7-3-6(1-2-11(12)13)4-8(10)5-7/h1-5H. The highest BCUT2D eigenvalue weighted by atomic mass is 35.5. The number of hydrogen-bond donors (Lipinski definition) is 0. The maximum Gasteiger partial charge on any atom is 0.235 e. The number of nitrogens with zero attached hydrogens (tertiary/aromatic N) is 1. The van der Waals surface area contributed by atoms with Crippen LogP contribution in [0.2, 0.25) is 10.0 Å². The SMILES string of the molecule is O=[N+]([O-])C=Cc1cc(Cl)cc(Cl)c1. The zero-order valence-electron chi connectivity index (χ0n) is 6.41. The van der Waals surface area contributed by atoms with Crippen LogP contribution >= 0.6 is 23.2 Å². The molecule has 0 radical (unpaired) electrons. The fourth-order valence-corrected chi connectivity index (χ4v) is 1.36. The van der Waals surface area contributed by atoms with Crippen LogP contribution in [0.4, 0.5) is 0 Å². The molecule has 0 fully saturated rings. The highest BCUT2D eigenvalue weighted by Crippen LogP contribution is 2.19. The highest BCUT2D eigenvalue weighted by molar-refractivity contribution is 6.34. The molecule has 0 saturated carbocycles. The van der Waals surface area contributed by atoms with Crippen molar-refractivity contribution in [1.29, 1.82) is 0 Å². The van der Waals surface area contributed by atoms with Gasteiger partial charge in [-0.05, 0) is 23.8 Å². The van der Waals surface area contributed by atoms with E-state index in [0.29, 0.717) is 15.6 Å². The summed E-state index contributed by atoms with van der Waals surface area (Å²) in [4.78, 5) is 9.45. The summed E-state index contributed by atoms with van der Waals surface area (Å²) in [5.74, 6) is 0. The molecule has 0 spiro atoms. The van der Waals surface area contributed by atoms with E-state index in [0.717, 1.165) is 6.20 Å². The smallest absolute Gasteiger partial charge is 0.235 e. The number of hydrogen-bond acceptors (Lipinski definition) is 2. The van der Waals surface area contributed by atoms with Crippen LogP contribution < -0.4 is 0 Å². The summed E-state index contributed by atoms with van der Waals surface area (Å²) < 4.78 is 0. The third-order valence-corrected chi connectivity index (χ3v) is 1.71. The van der Waals surface area contributed by atoms with Crippen LogP contribution in [0.3, 0.4) is 0 Å². The van der Waals surface area contributed by atoms with E-state index in [9.17, 15) is 10.1 Å². The van der Waals surface area contributed by atoms with E-state index >= 15 is 0 Å². The van der Waals surface area contributed by atoms with Gasteiger partial charge in [-0.15, -0.1) is 0 Å². The van der Waals surface area contributed by atoms with Crippen LogP contribution in [0, 0.1) is 10.1 Å². The van der Waals surface area contributed by atoms with Crippen molar-refractivity contribution >= 4 is 29.3 Å². The first-order valence-electron chi connectivity index (χ1n) is 3.36. The number of benzene rings is 1. The molecule has 0 bridgehead atoms. The molecule has 0 aromatic heterocycles. The van der Waals surface area contributed by atoms with Gasteiger partial charge in [-0.2, -0.15) is 0 Å². The molecular weight excluding hydrogens is 213 g/mol. The average molecular weight is 218 g/mol. The minimum atomic E-state index is -0.547. The van der Waals surface area contributed by atoms with Crippen LogP contribution in [0.15, 0.2) is 24.4 Å². The van der Waals surface area contributed by atoms with Crippen molar-refractivity contribution in [3.8, 4) is 0 Å². The van der Waals surface area contributed by atoms with Crippen LogP contribution in [0.1, 0.15) is 5.56 Å². The summed E-state index contributed by atoms with van der Waals surface area (Å²) >= 11 is 11.4.